The van der Waals surface area contributed by atoms with Gasteiger partial charge in [-0.05, 0) is 29.3 Å². The predicted molar refractivity (Wildman–Crippen MR) is 58.9 cm³/mol. The Bertz CT molecular complexity index is 423. The van der Waals surface area contributed by atoms with E-state index >= 15 is 0 Å². The summed E-state index contributed by atoms with van der Waals surface area (Å²) in [5.41, 5.74) is 1.36. The molecule has 2 rings (SSSR count). The molecule has 2 heteroatoms. The van der Waals surface area contributed by atoms with Gasteiger partial charge in [-0.1, -0.05) is 18.2 Å². The minimum atomic E-state index is -0.529. The van der Waals surface area contributed by atoms with Crippen LogP contribution in [0.5, 0.6) is 0 Å². The molecule has 1 aliphatic carbocycles. The third-order valence-electron chi connectivity index (χ3n) is 2.82. The van der Waals surface area contributed by atoms with Crippen LogP contribution in [0.1, 0.15) is 17.5 Å². The summed E-state index contributed by atoms with van der Waals surface area (Å²) in [6, 6.07) is 4.76. The van der Waals surface area contributed by atoms with Crippen LogP contribution in [0.3, 0.4) is 0 Å². The van der Waals surface area contributed by atoms with Gasteiger partial charge in [0, 0.05) is 13.5 Å². The van der Waals surface area contributed by atoms with Crippen molar-refractivity contribution in [1.29, 1.82) is 0 Å². The first-order valence-corrected chi connectivity index (χ1v) is 4.87. The molecule has 1 aromatic rings. The zero-order valence-electron chi connectivity index (χ0n) is 8.66. The van der Waals surface area contributed by atoms with Gasteiger partial charge in [0.05, 0.1) is 0 Å². The number of hydrogen-bond donors (Lipinski definition) is 0. The standard InChI is InChI=1S/C13H13FO/c1-3-7-13(15-2)8-6-10-4-5-11(14)9-12(10)13/h3-6,8-9H,1,7H2,2H3. The lowest BCUT2D eigenvalue weighted by Gasteiger charge is -2.26. The molecule has 0 N–H and O–H groups in total. The van der Waals surface area contributed by atoms with Crippen LogP contribution in [0.25, 0.3) is 6.08 Å². The van der Waals surface area contributed by atoms with E-state index in [1.807, 2.05) is 12.2 Å². The summed E-state index contributed by atoms with van der Waals surface area (Å²) in [6.45, 7) is 3.70. The lowest BCUT2D eigenvalue weighted by Crippen LogP contribution is -2.23. The molecule has 0 amide bonds. The molecule has 0 aromatic heterocycles. The molecule has 0 saturated carbocycles. The second-order valence-corrected chi connectivity index (χ2v) is 3.65. The summed E-state index contributed by atoms with van der Waals surface area (Å²) in [5.74, 6) is -0.233. The van der Waals surface area contributed by atoms with Crippen LogP contribution in [0.2, 0.25) is 0 Å². The highest BCUT2D eigenvalue weighted by Gasteiger charge is 2.33. The van der Waals surface area contributed by atoms with E-state index in [1.165, 1.54) is 12.1 Å². The van der Waals surface area contributed by atoms with E-state index in [0.717, 1.165) is 11.1 Å². The first kappa shape index (κ1) is 10.1. The molecule has 15 heavy (non-hydrogen) atoms. The quantitative estimate of drug-likeness (QED) is 0.686. The molecule has 1 aliphatic rings. The molecule has 1 atom stereocenters. The molecule has 0 saturated heterocycles. The summed E-state index contributed by atoms with van der Waals surface area (Å²) in [6.07, 6.45) is 6.35. The molecular weight excluding hydrogens is 191 g/mol. The molecule has 0 fully saturated rings. The Kier molecular flexibility index (Phi) is 2.45. The maximum absolute atomic E-state index is 13.2. The second-order valence-electron chi connectivity index (χ2n) is 3.65. The van der Waals surface area contributed by atoms with Crippen molar-refractivity contribution in [3.63, 3.8) is 0 Å². The van der Waals surface area contributed by atoms with E-state index < -0.39 is 5.60 Å². The van der Waals surface area contributed by atoms with Gasteiger partial charge in [-0.25, -0.2) is 4.39 Å². The van der Waals surface area contributed by atoms with Gasteiger partial charge in [-0.2, -0.15) is 0 Å². The highest BCUT2D eigenvalue weighted by molar-refractivity contribution is 5.64. The third kappa shape index (κ3) is 1.51. The van der Waals surface area contributed by atoms with Crippen molar-refractivity contribution < 1.29 is 9.13 Å². The normalized spacial score (nSPS) is 22.8. The maximum Gasteiger partial charge on any atom is 0.123 e. The lowest BCUT2D eigenvalue weighted by molar-refractivity contribution is 0.0343. The van der Waals surface area contributed by atoms with Crippen LogP contribution in [-0.4, -0.2) is 7.11 Å². The fraction of sp³-hybridized carbons (Fsp3) is 0.231. The average Bonchev–Trinajstić information content (AvgIpc) is 2.58. The van der Waals surface area contributed by atoms with Gasteiger partial charge < -0.3 is 4.74 Å². The van der Waals surface area contributed by atoms with Crippen LogP contribution in [0.15, 0.2) is 36.9 Å². The summed E-state index contributed by atoms with van der Waals surface area (Å²) >= 11 is 0. The van der Waals surface area contributed by atoms with E-state index in [-0.39, 0.29) is 5.82 Å². The van der Waals surface area contributed by atoms with Crippen molar-refractivity contribution in [1.82, 2.24) is 0 Å². The Hall–Kier alpha value is -1.41. The first-order valence-electron chi connectivity index (χ1n) is 4.87. The minimum Gasteiger partial charge on any atom is -0.369 e. The topological polar surface area (TPSA) is 9.23 Å². The van der Waals surface area contributed by atoms with Gasteiger partial charge in [-0.15, -0.1) is 6.58 Å². The van der Waals surface area contributed by atoms with E-state index in [9.17, 15) is 4.39 Å². The number of benzene rings is 1. The Morgan fingerprint density at radius 1 is 1.53 bits per heavy atom. The van der Waals surface area contributed by atoms with Gasteiger partial charge in [0.15, 0.2) is 0 Å². The summed E-state index contributed by atoms with van der Waals surface area (Å²) < 4.78 is 18.7. The fourth-order valence-corrected chi connectivity index (χ4v) is 2.01. The molecule has 78 valence electrons. The van der Waals surface area contributed by atoms with E-state index in [1.54, 1.807) is 19.3 Å². The maximum atomic E-state index is 13.2. The monoisotopic (exact) mass is 204 g/mol. The molecule has 1 unspecified atom stereocenters. The van der Waals surface area contributed by atoms with Crippen LogP contribution < -0.4 is 0 Å². The molecule has 0 bridgehead atoms. The minimum absolute atomic E-state index is 0.233. The summed E-state index contributed by atoms with van der Waals surface area (Å²) in [4.78, 5) is 0. The van der Waals surface area contributed by atoms with Gasteiger partial charge >= 0.3 is 0 Å². The van der Waals surface area contributed by atoms with Crippen molar-refractivity contribution in [3.8, 4) is 0 Å². The number of hydrogen-bond acceptors (Lipinski definition) is 1. The zero-order chi connectivity index (χ0) is 10.9. The number of halogens is 1. The first-order chi connectivity index (χ1) is 7.22. The molecule has 1 nitrogen and oxygen atoms in total. The molecule has 0 spiro atoms. The molecule has 0 aliphatic heterocycles. The van der Waals surface area contributed by atoms with Crippen LogP contribution in [0.4, 0.5) is 4.39 Å². The second kappa shape index (κ2) is 3.63. The van der Waals surface area contributed by atoms with Crippen molar-refractivity contribution in [2.45, 2.75) is 12.0 Å². The number of methoxy groups -OCH3 is 1. The largest absolute Gasteiger partial charge is 0.369 e. The SMILES string of the molecule is C=CCC1(OC)C=Cc2ccc(F)cc21. The molecule has 0 heterocycles. The van der Waals surface area contributed by atoms with Crippen molar-refractivity contribution >= 4 is 6.08 Å². The van der Waals surface area contributed by atoms with Gasteiger partial charge in [0.25, 0.3) is 0 Å². The summed E-state index contributed by atoms with van der Waals surface area (Å²) in [7, 11) is 1.63. The third-order valence-corrected chi connectivity index (χ3v) is 2.82. The number of fused-ring (bicyclic) bond motifs is 1. The Balaban J connectivity index is 2.53. The van der Waals surface area contributed by atoms with Gasteiger partial charge in [0.1, 0.15) is 11.4 Å². The van der Waals surface area contributed by atoms with Crippen molar-refractivity contribution in [2.75, 3.05) is 7.11 Å². The number of ether oxygens (including phenoxy) is 1. The highest BCUT2D eigenvalue weighted by Crippen LogP contribution is 2.39. The van der Waals surface area contributed by atoms with Gasteiger partial charge in [0.2, 0.25) is 0 Å². The zero-order valence-corrected chi connectivity index (χ0v) is 8.66. The molecule has 1 aromatic carbocycles. The Morgan fingerprint density at radius 2 is 2.33 bits per heavy atom. The van der Waals surface area contributed by atoms with Crippen LogP contribution >= 0.6 is 0 Å². The molecular formula is C13H13FO. The van der Waals surface area contributed by atoms with Crippen molar-refractivity contribution in [2.24, 2.45) is 0 Å². The van der Waals surface area contributed by atoms with Gasteiger partial charge in [-0.3, -0.25) is 0 Å². The Morgan fingerprint density at radius 3 is 3.00 bits per heavy atom. The number of rotatable bonds is 3. The highest BCUT2D eigenvalue weighted by atomic mass is 19.1. The van der Waals surface area contributed by atoms with E-state index in [2.05, 4.69) is 6.58 Å². The smallest absolute Gasteiger partial charge is 0.123 e. The van der Waals surface area contributed by atoms with E-state index in [4.69, 9.17) is 4.74 Å². The van der Waals surface area contributed by atoms with Crippen LogP contribution in [-0.2, 0) is 10.3 Å². The molecule has 0 radical (unpaired) electrons. The van der Waals surface area contributed by atoms with Crippen molar-refractivity contribution in [3.05, 3.63) is 53.9 Å². The average molecular weight is 204 g/mol. The Labute approximate surface area is 88.9 Å². The predicted octanol–water partition coefficient (Wildman–Crippen LogP) is 3.27. The fourth-order valence-electron chi connectivity index (χ4n) is 2.01. The summed E-state index contributed by atoms with van der Waals surface area (Å²) in [5, 5.41) is 0. The van der Waals surface area contributed by atoms with E-state index in [0.29, 0.717) is 6.42 Å². The van der Waals surface area contributed by atoms with Crippen LogP contribution in [0, 0.1) is 5.82 Å². The lowest BCUT2D eigenvalue weighted by atomic mass is 9.92.